The van der Waals surface area contributed by atoms with Gasteiger partial charge in [-0.2, -0.15) is 0 Å². The van der Waals surface area contributed by atoms with Crippen LogP contribution in [0.3, 0.4) is 0 Å². The predicted molar refractivity (Wildman–Crippen MR) is 69.2 cm³/mol. The summed E-state index contributed by atoms with van der Waals surface area (Å²) in [5, 5.41) is 0. The number of aryl methyl sites for hydroxylation is 1. The van der Waals surface area contributed by atoms with E-state index in [2.05, 4.69) is 12.6 Å². The van der Waals surface area contributed by atoms with Crippen molar-refractivity contribution in [3.8, 4) is 5.75 Å². The van der Waals surface area contributed by atoms with E-state index < -0.39 is 0 Å². The zero-order valence-electron chi connectivity index (χ0n) is 9.48. The second kappa shape index (κ2) is 5.23. The highest BCUT2D eigenvalue weighted by Crippen LogP contribution is 2.24. The van der Waals surface area contributed by atoms with Crippen LogP contribution < -0.4 is 4.74 Å². The molecule has 0 amide bonds. The third-order valence-corrected chi connectivity index (χ3v) is 2.77. The molecular weight excluding hydrogens is 235 g/mol. The maximum Gasteiger partial charge on any atom is 0.136 e. The van der Waals surface area contributed by atoms with Crippen LogP contribution in [-0.2, 0) is 6.61 Å². The summed E-state index contributed by atoms with van der Waals surface area (Å²) in [5.74, 6) is 0.150. The molecule has 0 unspecified atom stereocenters. The average Bonchev–Trinajstić information content (AvgIpc) is 2.30. The smallest absolute Gasteiger partial charge is 0.136 e. The molecule has 0 saturated heterocycles. The summed E-state index contributed by atoms with van der Waals surface area (Å²) in [6.07, 6.45) is 0. The van der Waals surface area contributed by atoms with Crippen molar-refractivity contribution >= 4 is 12.6 Å². The van der Waals surface area contributed by atoms with Crippen molar-refractivity contribution in [2.45, 2.75) is 18.4 Å². The first kappa shape index (κ1) is 12.0. The van der Waals surface area contributed by atoms with Crippen molar-refractivity contribution in [3.05, 3.63) is 59.4 Å². The highest BCUT2D eigenvalue weighted by molar-refractivity contribution is 7.80. The zero-order chi connectivity index (χ0) is 12.3. The summed E-state index contributed by atoms with van der Waals surface area (Å²) < 4.78 is 18.6. The number of halogens is 1. The van der Waals surface area contributed by atoms with Crippen LogP contribution in [0.5, 0.6) is 5.75 Å². The molecule has 0 aliphatic heterocycles. The fourth-order valence-corrected chi connectivity index (χ4v) is 1.77. The Morgan fingerprint density at radius 1 is 1.18 bits per heavy atom. The third-order valence-electron chi connectivity index (χ3n) is 2.40. The Kier molecular flexibility index (Phi) is 3.69. The van der Waals surface area contributed by atoms with E-state index in [4.69, 9.17) is 4.74 Å². The lowest BCUT2D eigenvalue weighted by molar-refractivity contribution is 0.297. The first-order chi connectivity index (χ1) is 8.15. The van der Waals surface area contributed by atoms with Gasteiger partial charge >= 0.3 is 0 Å². The van der Waals surface area contributed by atoms with Gasteiger partial charge in [0.2, 0.25) is 0 Å². The molecule has 0 aliphatic rings. The van der Waals surface area contributed by atoms with Gasteiger partial charge in [0.05, 0.1) is 0 Å². The largest absolute Gasteiger partial charge is 0.488 e. The first-order valence-corrected chi connectivity index (χ1v) is 5.77. The van der Waals surface area contributed by atoms with E-state index in [0.717, 1.165) is 5.56 Å². The summed E-state index contributed by atoms with van der Waals surface area (Å²) in [4.78, 5) is 0.638. The topological polar surface area (TPSA) is 9.23 Å². The lowest BCUT2D eigenvalue weighted by Gasteiger charge is -2.09. The van der Waals surface area contributed by atoms with Crippen LogP contribution in [-0.4, -0.2) is 0 Å². The molecule has 0 saturated carbocycles. The van der Waals surface area contributed by atoms with Gasteiger partial charge in [0.1, 0.15) is 18.2 Å². The maximum absolute atomic E-state index is 13.0. The normalized spacial score (nSPS) is 10.3. The van der Waals surface area contributed by atoms with E-state index in [-0.39, 0.29) is 5.82 Å². The second-order valence-corrected chi connectivity index (χ2v) is 4.37. The SMILES string of the molecule is Cc1cccc(COc2cc(F)ccc2S)c1. The lowest BCUT2D eigenvalue weighted by atomic mass is 10.1. The van der Waals surface area contributed by atoms with Gasteiger partial charge in [-0.25, -0.2) is 4.39 Å². The van der Waals surface area contributed by atoms with Crippen LogP contribution in [0.4, 0.5) is 4.39 Å². The van der Waals surface area contributed by atoms with E-state index in [1.54, 1.807) is 6.07 Å². The second-order valence-electron chi connectivity index (χ2n) is 3.89. The van der Waals surface area contributed by atoms with Crippen LogP contribution in [0.2, 0.25) is 0 Å². The summed E-state index contributed by atoms with van der Waals surface area (Å²) >= 11 is 4.22. The standard InChI is InChI=1S/C14H13FOS/c1-10-3-2-4-11(7-10)9-16-13-8-12(15)5-6-14(13)17/h2-8,17H,9H2,1H3. The molecule has 1 nitrogen and oxygen atoms in total. The van der Waals surface area contributed by atoms with Gasteiger partial charge < -0.3 is 4.74 Å². The van der Waals surface area contributed by atoms with E-state index in [0.29, 0.717) is 17.3 Å². The quantitative estimate of drug-likeness (QED) is 0.808. The van der Waals surface area contributed by atoms with Crippen molar-refractivity contribution in [2.75, 3.05) is 0 Å². The van der Waals surface area contributed by atoms with Crippen LogP contribution in [0.15, 0.2) is 47.4 Å². The Morgan fingerprint density at radius 3 is 2.76 bits per heavy atom. The third kappa shape index (κ3) is 3.24. The van der Waals surface area contributed by atoms with E-state index in [9.17, 15) is 4.39 Å². The van der Waals surface area contributed by atoms with Gasteiger partial charge in [0, 0.05) is 11.0 Å². The molecule has 0 bridgehead atoms. The van der Waals surface area contributed by atoms with Crippen molar-refractivity contribution in [3.63, 3.8) is 0 Å². The monoisotopic (exact) mass is 248 g/mol. The van der Waals surface area contributed by atoms with Crippen LogP contribution in [0.25, 0.3) is 0 Å². The van der Waals surface area contributed by atoms with E-state index in [1.165, 1.54) is 17.7 Å². The first-order valence-electron chi connectivity index (χ1n) is 5.32. The van der Waals surface area contributed by atoms with Gasteiger partial charge in [-0.3, -0.25) is 0 Å². The molecule has 0 atom stereocenters. The van der Waals surface area contributed by atoms with Crippen molar-refractivity contribution in [1.82, 2.24) is 0 Å². The van der Waals surface area contributed by atoms with Crippen molar-refractivity contribution in [2.24, 2.45) is 0 Å². The minimum absolute atomic E-state index is 0.318. The number of hydrogen-bond acceptors (Lipinski definition) is 2. The molecule has 0 aliphatic carbocycles. The molecule has 0 radical (unpaired) electrons. The van der Waals surface area contributed by atoms with Crippen LogP contribution in [0.1, 0.15) is 11.1 Å². The predicted octanol–water partition coefficient (Wildman–Crippen LogP) is 4.00. The number of thiol groups is 1. The highest BCUT2D eigenvalue weighted by atomic mass is 32.1. The number of ether oxygens (including phenoxy) is 1. The molecule has 0 heterocycles. The average molecular weight is 248 g/mol. The minimum atomic E-state index is -0.318. The maximum atomic E-state index is 13.0. The molecule has 0 aromatic heterocycles. The molecule has 2 aromatic carbocycles. The summed E-state index contributed by atoms with van der Waals surface area (Å²) in [5.41, 5.74) is 2.23. The molecule has 3 heteroatoms. The molecule has 88 valence electrons. The van der Waals surface area contributed by atoms with Gasteiger partial charge in [-0.15, -0.1) is 12.6 Å². The number of hydrogen-bond donors (Lipinski definition) is 1. The zero-order valence-corrected chi connectivity index (χ0v) is 10.4. The molecule has 0 spiro atoms. The van der Waals surface area contributed by atoms with E-state index >= 15 is 0 Å². The number of benzene rings is 2. The van der Waals surface area contributed by atoms with Crippen LogP contribution in [0, 0.1) is 12.7 Å². The van der Waals surface area contributed by atoms with Gasteiger partial charge in [-0.1, -0.05) is 29.8 Å². The Bertz CT molecular complexity index is 525. The molecule has 17 heavy (non-hydrogen) atoms. The van der Waals surface area contributed by atoms with Gasteiger partial charge in [0.25, 0.3) is 0 Å². The highest BCUT2D eigenvalue weighted by Gasteiger charge is 2.02. The summed E-state index contributed by atoms with van der Waals surface area (Å²) in [6.45, 7) is 2.44. The summed E-state index contributed by atoms with van der Waals surface area (Å²) in [6, 6.07) is 12.3. The minimum Gasteiger partial charge on any atom is -0.488 e. The number of rotatable bonds is 3. The lowest BCUT2D eigenvalue weighted by Crippen LogP contribution is -1.97. The summed E-state index contributed by atoms with van der Waals surface area (Å²) in [7, 11) is 0. The Labute approximate surface area is 106 Å². The van der Waals surface area contributed by atoms with Gasteiger partial charge in [0.15, 0.2) is 0 Å². The molecule has 0 N–H and O–H groups in total. The molecule has 2 rings (SSSR count). The Balaban J connectivity index is 2.09. The molecule has 0 fully saturated rings. The fraction of sp³-hybridized carbons (Fsp3) is 0.143. The fourth-order valence-electron chi connectivity index (χ4n) is 1.57. The van der Waals surface area contributed by atoms with Crippen molar-refractivity contribution in [1.29, 1.82) is 0 Å². The van der Waals surface area contributed by atoms with Crippen molar-refractivity contribution < 1.29 is 9.13 Å². The van der Waals surface area contributed by atoms with Gasteiger partial charge in [-0.05, 0) is 24.6 Å². The molecular formula is C14H13FOS. The molecule has 2 aromatic rings. The van der Waals surface area contributed by atoms with E-state index in [1.807, 2.05) is 31.2 Å². The Morgan fingerprint density at radius 2 is 2.00 bits per heavy atom. The van der Waals surface area contributed by atoms with Crippen LogP contribution >= 0.6 is 12.6 Å². The Hall–Kier alpha value is -1.48.